The first kappa shape index (κ1) is 23.9. The van der Waals surface area contributed by atoms with Crippen molar-refractivity contribution >= 4 is 21.8 Å². The van der Waals surface area contributed by atoms with Crippen molar-refractivity contribution in [3.8, 4) is 0 Å². The molecule has 0 radical (unpaired) electrons. The van der Waals surface area contributed by atoms with Gasteiger partial charge in [-0.1, -0.05) is 30.3 Å². The molecule has 1 aliphatic heterocycles. The van der Waals surface area contributed by atoms with Crippen LogP contribution in [-0.4, -0.2) is 62.3 Å². The van der Waals surface area contributed by atoms with E-state index in [-0.39, 0.29) is 22.8 Å². The molecule has 1 N–H and O–H groups in total. The summed E-state index contributed by atoms with van der Waals surface area (Å²) in [6.45, 7) is 5.48. The van der Waals surface area contributed by atoms with Crippen LogP contribution in [0.1, 0.15) is 42.6 Å². The largest absolute Gasteiger partial charge is 0.339 e. The number of hydrogen-bond donors (Lipinski definition) is 1. The zero-order valence-corrected chi connectivity index (χ0v) is 19.5. The molecule has 3 rings (SSSR count). The van der Waals surface area contributed by atoms with Crippen LogP contribution in [0.15, 0.2) is 59.5 Å². The average molecular weight is 458 g/mol. The molecule has 2 aromatic carbocycles. The lowest BCUT2D eigenvalue weighted by molar-refractivity contribution is -0.132. The van der Waals surface area contributed by atoms with Crippen molar-refractivity contribution in [2.45, 2.75) is 44.0 Å². The number of nitrogens with zero attached hydrogens (tertiary/aromatic N) is 2. The van der Waals surface area contributed by atoms with Crippen LogP contribution in [0, 0.1) is 0 Å². The van der Waals surface area contributed by atoms with Crippen molar-refractivity contribution < 1.29 is 18.0 Å². The first-order valence-corrected chi connectivity index (χ1v) is 12.5. The van der Waals surface area contributed by atoms with Gasteiger partial charge in [0.25, 0.3) is 5.91 Å². The zero-order valence-electron chi connectivity index (χ0n) is 18.7. The monoisotopic (exact) mass is 457 g/mol. The van der Waals surface area contributed by atoms with Gasteiger partial charge in [0.05, 0.1) is 4.90 Å². The fraction of sp³-hybridized carbons (Fsp3) is 0.417. The molecule has 0 saturated carbocycles. The summed E-state index contributed by atoms with van der Waals surface area (Å²) in [6.07, 6.45) is 2.19. The maximum atomic E-state index is 12.8. The minimum atomic E-state index is -3.59. The second-order valence-corrected chi connectivity index (χ2v) is 10.0. The van der Waals surface area contributed by atoms with Gasteiger partial charge in [-0.2, -0.15) is 0 Å². The molecule has 0 spiro atoms. The lowest BCUT2D eigenvalue weighted by atomic mass is 10.1. The van der Waals surface area contributed by atoms with Gasteiger partial charge in [0.15, 0.2) is 0 Å². The summed E-state index contributed by atoms with van der Waals surface area (Å²) >= 11 is 0. The molecule has 1 heterocycles. The highest BCUT2D eigenvalue weighted by Gasteiger charge is 2.25. The summed E-state index contributed by atoms with van der Waals surface area (Å²) in [6, 6.07) is 15.9. The molecule has 1 fully saturated rings. The molecule has 7 nitrogen and oxygen atoms in total. The first-order valence-electron chi connectivity index (χ1n) is 11.0. The van der Waals surface area contributed by atoms with E-state index in [9.17, 15) is 18.0 Å². The maximum absolute atomic E-state index is 12.8. The molecule has 0 aliphatic carbocycles. The quantitative estimate of drug-likeness (QED) is 0.660. The molecule has 0 atom stereocenters. The summed E-state index contributed by atoms with van der Waals surface area (Å²) in [5.74, 6) is -0.0258. The Kier molecular flexibility index (Phi) is 8.04. The molecule has 32 heavy (non-hydrogen) atoms. The lowest BCUT2D eigenvalue weighted by Gasteiger charge is -2.35. The predicted molar refractivity (Wildman–Crippen MR) is 124 cm³/mol. The van der Waals surface area contributed by atoms with Crippen LogP contribution < -0.4 is 4.72 Å². The van der Waals surface area contributed by atoms with Crippen molar-refractivity contribution in [1.82, 2.24) is 14.5 Å². The van der Waals surface area contributed by atoms with E-state index in [0.717, 1.165) is 12.8 Å². The van der Waals surface area contributed by atoms with Gasteiger partial charge in [-0.05, 0) is 56.5 Å². The Morgan fingerprint density at radius 1 is 0.906 bits per heavy atom. The van der Waals surface area contributed by atoms with Crippen LogP contribution in [0.4, 0.5) is 0 Å². The number of hydrogen-bond acceptors (Lipinski definition) is 4. The highest BCUT2D eigenvalue weighted by molar-refractivity contribution is 7.89. The van der Waals surface area contributed by atoms with Crippen LogP contribution in [-0.2, 0) is 21.2 Å². The van der Waals surface area contributed by atoms with E-state index in [2.05, 4.69) is 16.9 Å². The highest BCUT2D eigenvalue weighted by atomic mass is 32.2. The lowest BCUT2D eigenvalue weighted by Crippen LogP contribution is -2.50. The van der Waals surface area contributed by atoms with Crippen molar-refractivity contribution in [2.24, 2.45) is 0 Å². The number of nitrogens with one attached hydrogen (secondary N) is 1. The summed E-state index contributed by atoms with van der Waals surface area (Å²) < 4.78 is 27.0. The van der Waals surface area contributed by atoms with Crippen LogP contribution in [0.25, 0.3) is 0 Å². The van der Waals surface area contributed by atoms with Crippen LogP contribution in [0.2, 0.25) is 0 Å². The predicted octanol–water partition coefficient (Wildman–Crippen LogP) is 2.68. The smallest absolute Gasteiger partial charge is 0.253 e. The van der Waals surface area contributed by atoms with E-state index in [0.29, 0.717) is 38.2 Å². The van der Waals surface area contributed by atoms with E-state index in [1.54, 1.807) is 30.9 Å². The number of amides is 2. The molecule has 172 valence electrons. The van der Waals surface area contributed by atoms with E-state index in [1.165, 1.54) is 17.7 Å². The number of rotatable bonds is 8. The van der Waals surface area contributed by atoms with Gasteiger partial charge < -0.3 is 9.80 Å². The molecular formula is C24H31N3O4S. The standard InChI is InChI=1S/C24H31N3O4S/c1-19(2)25-32(30,31)22-13-11-21(12-14-22)24(29)27-17-15-26(16-18-27)23(28)10-6-9-20-7-4-3-5-8-20/h3-5,7-8,11-14,19,25H,6,9-10,15-18H2,1-2H3. The maximum Gasteiger partial charge on any atom is 0.253 e. The van der Waals surface area contributed by atoms with Gasteiger partial charge in [0.2, 0.25) is 15.9 Å². The van der Waals surface area contributed by atoms with Crippen molar-refractivity contribution in [3.63, 3.8) is 0 Å². The molecule has 2 aromatic rings. The number of carbonyl (C=O) groups excluding carboxylic acids is 2. The molecule has 1 aliphatic rings. The minimum Gasteiger partial charge on any atom is -0.339 e. The number of benzene rings is 2. The summed E-state index contributed by atoms with van der Waals surface area (Å²) in [7, 11) is -3.59. The number of aryl methyl sites for hydroxylation is 1. The average Bonchev–Trinajstić information content (AvgIpc) is 2.78. The van der Waals surface area contributed by atoms with Gasteiger partial charge in [-0.25, -0.2) is 13.1 Å². The Balaban J connectivity index is 1.48. The number of carbonyl (C=O) groups is 2. The normalized spacial score (nSPS) is 14.6. The van der Waals surface area contributed by atoms with Crippen LogP contribution >= 0.6 is 0 Å². The fourth-order valence-corrected chi connectivity index (χ4v) is 4.99. The fourth-order valence-electron chi connectivity index (χ4n) is 3.74. The third-order valence-electron chi connectivity index (χ3n) is 5.42. The number of sulfonamides is 1. The Morgan fingerprint density at radius 3 is 2.09 bits per heavy atom. The Labute approximate surface area is 190 Å². The number of piperazine rings is 1. The van der Waals surface area contributed by atoms with Gasteiger partial charge in [0, 0.05) is 44.2 Å². The van der Waals surface area contributed by atoms with Gasteiger partial charge in [0.1, 0.15) is 0 Å². The third kappa shape index (κ3) is 6.40. The topological polar surface area (TPSA) is 86.8 Å². The van der Waals surface area contributed by atoms with Crippen molar-refractivity contribution in [1.29, 1.82) is 0 Å². The van der Waals surface area contributed by atoms with E-state index in [4.69, 9.17) is 0 Å². The van der Waals surface area contributed by atoms with Crippen molar-refractivity contribution in [3.05, 3.63) is 65.7 Å². The summed E-state index contributed by atoms with van der Waals surface area (Å²) in [5, 5.41) is 0. The molecular weight excluding hydrogens is 426 g/mol. The molecule has 0 aromatic heterocycles. The molecule has 8 heteroatoms. The Hall–Kier alpha value is -2.71. The Morgan fingerprint density at radius 2 is 1.50 bits per heavy atom. The van der Waals surface area contributed by atoms with E-state index in [1.807, 2.05) is 23.1 Å². The molecule has 0 unspecified atom stereocenters. The minimum absolute atomic E-state index is 0.125. The first-order chi connectivity index (χ1) is 15.3. The van der Waals surface area contributed by atoms with Gasteiger partial charge >= 0.3 is 0 Å². The third-order valence-corrected chi connectivity index (χ3v) is 7.10. The SMILES string of the molecule is CC(C)NS(=O)(=O)c1ccc(C(=O)N2CCN(C(=O)CCCc3ccccc3)CC2)cc1. The second kappa shape index (κ2) is 10.7. The van der Waals surface area contributed by atoms with Gasteiger partial charge in [-0.15, -0.1) is 0 Å². The molecule has 2 amide bonds. The van der Waals surface area contributed by atoms with Crippen LogP contribution in [0.5, 0.6) is 0 Å². The van der Waals surface area contributed by atoms with Crippen molar-refractivity contribution in [2.75, 3.05) is 26.2 Å². The highest BCUT2D eigenvalue weighted by Crippen LogP contribution is 2.15. The Bertz CT molecular complexity index is 1010. The van der Waals surface area contributed by atoms with Crippen LogP contribution in [0.3, 0.4) is 0 Å². The second-order valence-electron chi connectivity index (χ2n) is 8.31. The van der Waals surface area contributed by atoms with E-state index >= 15 is 0 Å². The summed E-state index contributed by atoms with van der Waals surface area (Å²) in [4.78, 5) is 29.0. The summed E-state index contributed by atoms with van der Waals surface area (Å²) in [5.41, 5.74) is 1.67. The van der Waals surface area contributed by atoms with E-state index < -0.39 is 10.0 Å². The zero-order chi connectivity index (χ0) is 23.1. The molecule has 0 bridgehead atoms. The van der Waals surface area contributed by atoms with Gasteiger partial charge in [-0.3, -0.25) is 9.59 Å². The molecule has 1 saturated heterocycles.